The fourth-order valence-corrected chi connectivity index (χ4v) is 3.93. The van der Waals surface area contributed by atoms with E-state index in [2.05, 4.69) is 48.1 Å². The molecule has 0 spiro atoms. The van der Waals surface area contributed by atoms with Crippen molar-refractivity contribution in [2.24, 2.45) is 0 Å². The predicted octanol–water partition coefficient (Wildman–Crippen LogP) is 4.88. The maximum absolute atomic E-state index is 12.2. The number of hydrogen-bond acceptors (Lipinski definition) is 4. The molecular formula is C23H34N2O2S. The molecule has 0 aliphatic rings. The van der Waals surface area contributed by atoms with Crippen LogP contribution in [0.1, 0.15) is 75.2 Å². The van der Waals surface area contributed by atoms with Crippen LogP contribution in [0, 0.1) is 0 Å². The first-order chi connectivity index (χ1) is 13.4. The highest BCUT2D eigenvalue weighted by Gasteiger charge is 2.19. The largest absolute Gasteiger partial charge is 0.240 e. The summed E-state index contributed by atoms with van der Waals surface area (Å²) < 4.78 is 24.4. The van der Waals surface area contributed by atoms with Crippen LogP contribution in [0.25, 0.3) is 0 Å². The van der Waals surface area contributed by atoms with Crippen molar-refractivity contribution in [3.8, 4) is 0 Å². The van der Waals surface area contributed by atoms with Gasteiger partial charge < -0.3 is 0 Å². The van der Waals surface area contributed by atoms with Gasteiger partial charge in [-0.3, -0.25) is 0 Å². The monoisotopic (exact) mass is 402 g/mol. The number of benzene rings is 1. The van der Waals surface area contributed by atoms with Crippen LogP contribution in [-0.2, 0) is 41.3 Å². The Labute approximate surface area is 170 Å². The SMILES string of the molecule is CCCCc1ccc(CCc2cnc(CS(=O)(=O)C(C)C)nc2CCC)cc1. The Balaban J connectivity index is 2.08. The minimum absolute atomic E-state index is 0.0825. The van der Waals surface area contributed by atoms with E-state index in [1.807, 2.05) is 6.20 Å². The molecule has 0 aliphatic heterocycles. The van der Waals surface area contributed by atoms with Gasteiger partial charge in [0.25, 0.3) is 0 Å². The van der Waals surface area contributed by atoms with E-state index in [1.165, 1.54) is 24.0 Å². The molecule has 2 rings (SSSR count). The average molecular weight is 403 g/mol. The quantitative estimate of drug-likeness (QED) is 0.537. The van der Waals surface area contributed by atoms with Crippen LogP contribution in [0.3, 0.4) is 0 Å². The average Bonchev–Trinajstić information content (AvgIpc) is 2.66. The highest BCUT2D eigenvalue weighted by Crippen LogP contribution is 2.16. The van der Waals surface area contributed by atoms with Gasteiger partial charge in [-0.2, -0.15) is 0 Å². The van der Waals surface area contributed by atoms with Crippen LogP contribution < -0.4 is 0 Å². The number of aromatic nitrogens is 2. The smallest absolute Gasteiger partial charge is 0.159 e. The summed E-state index contributed by atoms with van der Waals surface area (Å²) in [6, 6.07) is 8.90. The van der Waals surface area contributed by atoms with E-state index in [0.717, 1.165) is 43.4 Å². The topological polar surface area (TPSA) is 59.9 Å². The number of unbranched alkanes of at least 4 members (excludes halogenated alkanes) is 1. The Morgan fingerprint density at radius 1 is 0.893 bits per heavy atom. The minimum Gasteiger partial charge on any atom is -0.240 e. The first-order valence-corrected chi connectivity index (χ1v) is 12.2. The van der Waals surface area contributed by atoms with Gasteiger partial charge in [0.1, 0.15) is 11.6 Å². The zero-order chi connectivity index (χ0) is 20.6. The Morgan fingerprint density at radius 2 is 1.54 bits per heavy atom. The molecule has 0 bridgehead atoms. The third kappa shape index (κ3) is 6.69. The number of hydrogen-bond donors (Lipinski definition) is 0. The molecule has 0 radical (unpaired) electrons. The highest BCUT2D eigenvalue weighted by molar-refractivity contribution is 7.91. The molecule has 5 heteroatoms. The fraction of sp³-hybridized carbons (Fsp3) is 0.565. The van der Waals surface area contributed by atoms with Gasteiger partial charge in [-0.05, 0) is 62.6 Å². The van der Waals surface area contributed by atoms with E-state index in [-0.39, 0.29) is 5.75 Å². The zero-order valence-corrected chi connectivity index (χ0v) is 18.6. The second-order valence-electron chi connectivity index (χ2n) is 7.78. The van der Waals surface area contributed by atoms with Crippen LogP contribution in [0.4, 0.5) is 0 Å². The van der Waals surface area contributed by atoms with Crippen LogP contribution in [0.15, 0.2) is 30.5 Å². The lowest BCUT2D eigenvalue weighted by atomic mass is 10.0. The first-order valence-electron chi connectivity index (χ1n) is 10.5. The molecule has 1 aromatic heterocycles. The lowest BCUT2D eigenvalue weighted by Gasteiger charge is -2.11. The third-order valence-electron chi connectivity index (χ3n) is 5.06. The summed E-state index contributed by atoms with van der Waals surface area (Å²) in [6.07, 6.45) is 9.07. The molecule has 28 heavy (non-hydrogen) atoms. The summed E-state index contributed by atoms with van der Waals surface area (Å²) in [7, 11) is -3.19. The molecule has 0 saturated carbocycles. The summed E-state index contributed by atoms with van der Waals surface area (Å²) in [5.41, 5.74) is 4.83. The Bertz CT molecular complexity index is 843. The van der Waals surface area contributed by atoms with Crippen LogP contribution in [0.2, 0.25) is 0 Å². The van der Waals surface area contributed by atoms with Crippen molar-refractivity contribution in [1.29, 1.82) is 0 Å². The van der Waals surface area contributed by atoms with Gasteiger partial charge in [0.2, 0.25) is 0 Å². The van der Waals surface area contributed by atoms with E-state index in [4.69, 9.17) is 0 Å². The summed E-state index contributed by atoms with van der Waals surface area (Å²) in [6.45, 7) is 7.73. The van der Waals surface area contributed by atoms with Crippen molar-refractivity contribution in [3.63, 3.8) is 0 Å². The molecule has 4 nitrogen and oxygen atoms in total. The third-order valence-corrected chi connectivity index (χ3v) is 7.16. The lowest BCUT2D eigenvalue weighted by molar-refractivity contribution is 0.584. The van der Waals surface area contributed by atoms with Crippen LogP contribution in [-0.4, -0.2) is 23.6 Å². The van der Waals surface area contributed by atoms with Crippen molar-refractivity contribution < 1.29 is 8.42 Å². The Morgan fingerprint density at radius 3 is 2.11 bits per heavy atom. The number of rotatable bonds is 11. The summed E-state index contributed by atoms with van der Waals surface area (Å²) in [4.78, 5) is 8.96. The molecule has 0 N–H and O–H groups in total. The van der Waals surface area contributed by atoms with E-state index < -0.39 is 15.1 Å². The molecule has 0 atom stereocenters. The van der Waals surface area contributed by atoms with Gasteiger partial charge in [0.05, 0.1) is 5.25 Å². The normalized spacial score (nSPS) is 11.9. The maximum Gasteiger partial charge on any atom is 0.159 e. The van der Waals surface area contributed by atoms with E-state index in [1.54, 1.807) is 13.8 Å². The molecular weight excluding hydrogens is 368 g/mol. The molecule has 154 valence electrons. The number of sulfone groups is 1. The lowest BCUT2D eigenvalue weighted by Crippen LogP contribution is -2.18. The van der Waals surface area contributed by atoms with Gasteiger partial charge >= 0.3 is 0 Å². The molecule has 0 fully saturated rings. The maximum atomic E-state index is 12.2. The zero-order valence-electron chi connectivity index (χ0n) is 17.7. The van der Waals surface area contributed by atoms with Crippen molar-refractivity contribution >= 4 is 9.84 Å². The van der Waals surface area contributed by atoms with Crippen molar-refractivity contribution in [3.05, 3.63) is 58.7 Å². The standard InChI is InChI=1S/C23H34N2O2S/c1-5-7-9-19-10-12-20(13-11-19)14-15-21-16-24-23(25-22(21)8-6-2)17-28(26,27)18(3)4/h10-13,16,18H,5-9,14-15,17H2,1-4H3. The summed E-state index contributed by atoms with van der Waals surface area (Å²) in [5, 5.41) is -0.411. The fourth-order valence-electron chi connectivity index (χ4n) is 3.09. The molecule has 1 aromatic carbocycles. The molecule has 1 heterocycles. The molecule has 0 saturated heterocycles. The van der Waals surface area contributed by atoms with Gasteiger partial charge in [0.15, 0.2) is 9.84 Å². The highest BCUT2D eigenvalue weighted by atomic mass is 32.2. The second-order valence-corrected chi connectivity index (χ2v) is 10.3. The minimum atomic E-state index is -3.19. The summed E-state index contributed by atoms with van der Waals surface area (Å²) >= 11 is 0. The molecule has 0 aliphatic carbocycles. The molecule has 0 unspecified atom stereocenters. The van der Waals surface area contributed by atoms with Crippen LogP contribution >= 0.6 is 0 Å². The van der Waals surface area contributed by atoms with Crippen molar-refractivity contribution in [2.45, 2.75) is 83.6 Å². The molecule has 0 amide bonds. The van der Waals surface area contributed by atoms with Crippen LogP contribution in [0.5, 0.6) is 0 Å². The number of nitrogens with zero attached hydrogens (tertiary/aromatic N) is 2. The van der Waals surface area contributed by atoms with Crippen molar-refractivity contribution in [1.82, 2.24) is 9.97 Å². The predicted molar refractivity (Wildman–Crippen MR) is 116 cm³/mol. The second kappa shape index (κ2) is 10.7. The molecule has 2 aromatic rings. The first kappa shape index (κ1) is 22.5. The van der Waals surface area contributed by atoms with Crippen molar-refractivity contribution in [2.75, 3.05) is 0 Å². The van der Waals surface area contributed by atoms with E-state index in [9.17, 15) is 8.42 Å². The van der Waals surface area contributed by atoms with E-state index in [0.29, 0.717) is 5.82 Å². The van der Waals surface area contributed by atoms with Gasteiger partial charge in [-0.15, -0.1) is 0 Å². The Kier molecular flexibility index (Phi) is 8.61. The number of aryl methyl sites for hydroxylation is 4. The van der Waals surface area contributed by atoms with Gasteiger partial charge in [0, 0.05) is 11.9 Å². The Hall–Kier alpha value is -1.75. The van der Waals surface area contributed by atoms with Gasteiger partial charge in [-0.1, -0.05) is 51.0 Å². The summed E-state index contributed by atoms with van der Waals surface area (Å²) in [5.74, 6) is 0.335. The van der Waals surface area contributed by atoms with Gasteiger partial charge in [-0.25, -0.2) is 18.4 Å². The van der Waals surface area contributed by atoms with E-state index >= 15 is 0 Å².